The number of hydrogen-bond acceptors (Lipinski definition) is 3. The van der Waals surface area contributed by atoms with Crippen molar-refractivity contribution in [2.75, 3.05) is 13.1 Å². The molecule has 1 aliphatic rings. The van der Waals surface area contributed by atoms with Crippen molar-refractivity contribution in [2.24, 2.45) is 0 Å². The average molecular weight is 438 g/mol. The third-order valence-corrected chi connectivity index (χ3v) is 6.42. The van der Waals surface area contributed by atoms with Gasteiger partial charge < -0.3 is 14.7 Å². The van der Waals surface area contributed by atoms with Crippen molar-refractivity contribution >= 4 is 11.9 Å². The molecule has 0 saturated carbocycles. The van der Waals surface area contributed by atoms with Gasteiger partial charge in [0.2, 0.25) is 5.91 Å². The molecule has 2 aromatic carbocycles. The summed E-state index contributed by atoms with van der Waals surface area (Å²) in [5, 5.41) is 9.34. The van der Waals surface area contributed by atoms with Crippen molar-refractivity contribution < 1.29 is 19.4 Å². The number of carbonyl (C=O) groups is 2. The van der Waals surface area contributed by atoms with Crippen molar-refractivity contribution in [3.63, 3.8) is 0 Å². The second-order valence-electron chi connectivity index (χ2n) is 9.66. The maximum absolute atomic E-state index is 13.3. The Kier molecular flexibility index (Phi) is 7.27. The molecule has 0 radical (unpaired) electrons. The van der Waals surface area contributed by atoms with E-state index in [4.69, 9.17) is 4.74 Å². The summed E-state index contributed by atoms with van der Waals surface area (Å²) in [5.74, 6) is 0.190. The Morgan fingerprint density at radius 2 is 1.72 bits per heavy atom. The molecule has 0 aromatic heterocycles. The number of ether oxygens (including phenoxy) is 1. The van der Waals surface area contributed by atoms with Crippen molar-refractivity contribution in [1.82, 2.24) is 4.90 Å². The highest BCUT2D eigenvalue weighted by molar-refractivity contribution is 5.83. The third-order valence-electron chi connectivity index (χ3n) is 6.42. The number of carboxylic acids is 1. The maximum atomic E-state index is 13.3. The monoisotopic (exact) mass is 437 g/mol. The van der Waals surface area contributed by atoms with Crippen LogP contribution in [0.4, 0.5) is 0 Å². The predicted molar refractivity (Wildman–Crippen MR) is 126 cm³/mol. The first kappa shape index (κ1) is 23.8. The van der Waals surface area contributed by atoms with Crippen molar-refractivity contribution in [3.8, 4) is 5.75 Å². The Balaban J connectivity index is 1.70. The first-order chi connectivity index (χ1) is 15.1. The molecule has 0 aliphatic carbocycles. The molecule has 1 aliphatic heterocycles. The van der Waals surface area contributed by atoms with E-state index >= 15 is 0 Å². The van der Waals surface area contributed by atoms with Gasteiger partial charge in [0, 0.05) is 19.0 Å². The van der Waals surface area contributed by atoms with Gasteiger partial charge >= 0.3 is 5.97 Å². The highest BCUT2D eigenvalue weighted by atomic mass is 16.5. The Hall–Kier alpha value is -2.82. The number of benzene rings is 2. The molecule has 0 bridgehead atoms. The zero-order valence-corrected chi connectivity index (χ0v) is 19.8. The van der Waals surface area contributed by atoms with Gasteiger partial charge in [0.1, 0.15) is 5.75 Å². The molecule has 2 unspecified atom stereocenters. The average Bonchev–Trinajstić information content (AvgIpc) is 2.78. The zero-order chi connectivity index (χ0) is 23.5. The fourth-order valence-electron chi connectivity index (χ4n) is 4.21. The molecule has 1 saturated heterocycles. The quantitative estimate of drug-likeness (QED) is 0.616. The largest absolute Gasteiger partial charge is 0.478 e. The molecule has 2 atom stereocenters. The molecule has 32 heavy (non-hydrogen) atoms. The van der Waals surface area contributed by atoms with Gasteiger partial charge in [-0.3, -0.25) is 4.79 Å². The van der Waals surface area contributed by atoms with Gasteiger partial charge in [0.15, 0.2) is 5.60 Å². The van der Waals surface area contributed by atoms with Crippen LogP contribution < -0.4 is 4.74 Å². The zero-order valence-electron chi connectivity index (χ0n) is 19.8. The maximum Gasteiger partial charge on any atom is 0.347 e. The van der Waals surface area contributed by atoms with Crippen LogP contribution in [0.15, 0.2) is 48.5 Å². The third kappa shape index (κ3) is 5.50. The summed E-state index contributed by atoms with van der Waals surface area (Å²) in [6.45, 7) is 10.8. The second kappa shape index (κ2) is 9.76. The van der Waals surface area contributed by atoms with E-state index in [1.807, 2.05) is 30.0 Å². The van der Waals surface area contributed by atoms with E-state index in [-0.39, 0.29) is 17.7 Å². The Morgan fingerprint density at radius 3 is 2.34 bits per heavy atom. The molecule has 1 heterocycles. The summed E-state index contributed by atoms with van der Waals surface area (Å²) in [6.07, 6.45) is 1.94. The van der Waals surface area contributed by atoms with Gasteiger partial charge in [-0.2, -0.15) is 0 Å². The fourth-order valence-corrected chi connectivity index (χ4v) is 4.21. The summed E-state index contributed by atoms with van der Waals surface area (Å²) in [6, 6.07) is 16.0. The van der Waals surface area contributed by atoms with E-state index in [2.05, 4.69) is 38.1 Å². The van der Waals surface area contributed by atoms with Crippen molar-refractivity contribution in [3.05, 3.63) is 65.2 Å². The van der Waals surface area contributed by atoms with E-state index < -0.39 is 11.6 Å². The molecule has 1 N–H and O–H groups in total. The lowest BCUT2D eigenvalue weighted by atomic mass is 9.89. The number of rotatable bonds is 7. The minimum Gasteiger partial charge on any atom is -0.478 e. The molecular formula is C27H35NO4. The lowest BCUT2D eigenvalue weighted by molar-refractivity contribution is -0.152. The van der Waals surface area contributed by atoms with Gasteiger partial charge in [0.05, 0.1) is 5.92 Å². The van der Waals surface area contributed by atoms with E-state index in [1.54, 1.807) is 6.07 Å². The van der Waals surface area contributed by atoms with Gasteiger partial charge in [-0.25, -0.2) is 4.79 Å². The highest BCUT2D eigenvalue weighted by Crippen LogP contribution is 2.32. The number of piperidine rings is 1. The van der Waals surface area contributed by atoms with Gasteiger partial charge in [0.25, 0.3) is 0 Å². The van der Waals surface area contributed by atoms with Crippen LogP contribution >= 0.6 is 0 Å². The van der Waals surface area contributed by atoms with E-state index in [1.165, 1.54) is 19.4 Å². The number of amides is 1. The summed E-state index contributed by atoms with van der Waals surface area (Å²) < 4.78 is 5.71. The fraction of sp³-hybridized carbons (Fsp3) is 0.481. The number of likely N-dealkylation sites (tertiary alicyclic amines) is 1. The second-order valence-corrected chi connectivity index (χ2v) is 9.66. The molecule has 2 aromatic rings. The minimum absolute atomic E-state index is 0.159. The Labute approximate surface area is 191 Å². The van der Waals surface area contributed by atoms with Crippen LogP contribution in [0.2, 0.25) is 0 Å². The highest BCUT2D eigenvalue weighted by Gasteiger charge is 2.31. The molecule has 172 valence electrons. The first-order valence-electron chi connectivity index (χ1n) is 11.5. The van der Waals surface area contributed by atoms with Crippen LogP contribution in [0.3, 0.4) is 0 Å². The lowest BCUT2D eigenvalue weighted by Gasteiger charge is -2.35. The molecule has 5 heteroatoms. The summed E-state index contributed by atoms with van der Waals surface area (Å²) in [5.41, 5.74) is 2.11. The van der Waals surface area contributed by atoms with Gasteiger partial charge in [-0.15, -0.1) is 0 Å². The van der Waals surface area contributed by atoms with Crippen LogP contribution in [0.5, 0.6) is 5.75 Å². The van der Waals surface area contributed by atoms with Crippen LogP contribution in [0.25, 0.3) is 0 Å². The van der Waals surface area contributed by atoms with Gasteiger partial charge in [-0.1, -0.05) is 50.2 Å². The van der Waals surface area contributed by atoms with E-state index in [9.17, 15) is 14.7 Å². The van der Waals surface area contributed by atoms with Gasteiger partial charge in [-0.05, 0) is 68.4 Å². The van der Waals surface area contributed by atoms with E-state index in [0.29, 0.717) is 18.2 Å². The molecule has 3 rings (SSSR count). The number of hydrogen-bond donors (Lipinski definition) is 1. The first-order valence-corrected chi connectivity index (χ1v) is 11.5. The SMILES string of the molecule is CC(C)c1ccc(C(C)C(=O)N2CCCC(c3cccc(OC(C)(C)C(=O)O)c3)C2)cc1. The number of carbonyl (C=O) groups excluding carboxylic acids is 1. The molecule has 1 fully saturated rings. The molecule has 5 nitrogen and oxygen atoms in total. The molecular weight excluding hydrogens is 402 g/mol. The molecule has 1 amide bonds. The Morgan fingerprint density at radius 1 is 1.06 bits per heavy atom. The summed E-state index contributed by atoms with van der Waals surface area (Å²) >= 11 is 0. The summed E-state index contributed by atoms with van der Waals surface area (Å²) in [7, 11) is 0. The Bertz CT molecular complexity index is 948. The van der Waals surface area contributed by atoms with Crippen molar-refractivity contribution in [1.29, 1.82) is 0 Å². The van der Waals surface area contributed by atoms with Crippen molar-refractivity contribution in [2.45, 2.75) is 70.8 Å². The normalized spacial score (nSPS) is 17.8. The smallest absolute Gasteiger partial charge is 0.347 e. The van der Waals surface area contributed by atoms with Crippen LogP contribution in [0.1, 0.15) is 81.9 Å². The van der Waals surface area contributed by atoms with Crippen LogP contribution in [0, 0.1) is 0 Å². The predicted octanol–water partition coefficient (Wildman–Crippen LogP) is 5.56. The summed E-state index contributed by atoms with van der Waals surface area (Å²) in [4.78, 5) is 26.6. The number of carboxylic acid groups (broad SMARTS) is 1. The van der Waals surface area contributed by atoms with E-state index in [0.717, 1.165) is 30.5 Å². The minimum atomic E-state index is -1.30. The standard InChI is InChI=1S/C27H35NO4/c1-18(2)20-11-13-21(14-12-20)19(3)25(29)28-15-7-9-23(17-28)22-8-6-10-24(16-22)32-27(4,5)26(30)31/h6,8,10-14,16,18-19,23H,7,9,15,17H2,1-5H3,(H,30,31). The number of aliphatic carboxylic acids is 1. The number of nitrogens with zero attached hydrogens (tertiary/aromatic N) is 1. The lowest BCUT2D eigenvalue weighted by Crippen LogP contribution is -2.41. The molecule has 0 spiro atoms. The van der Waals surface area contributed by atoms with Crippen LogP contribution in [-0.4, -0.2) is 40.6 Å². The topological polar surface area (TPSA) is 66.8 Å². The van der Waals surface area contributed by atoms with Crippen LogP contribution in [-0.2, 0) is 9.59 Å².